The zero-order chi connectivity index (χ0) is 15.0. The predicted molar refractivity (Wildman–Crippen MR) is 79.7 cm³/mol. The van der Waals surface area contributed by atoms with E-state index >= 15 is 0 Å². The van der Waals surface area contributed by atoms with Gasteiger partial charge in [0, 0.05) is 24.5 Å². The van der Waals surface area contributed by atoms with Gasteiger partial charge in [-0.1, -0.05) is 33.6 Å². The number of nitro benzene ring substituents is 1. The highest BCUT2D eigenvalue weighted by atomic mass is 79.9. The van der Waals surface area contributed by atoms with Crippen LogP contribution in [-0.4, -0.2) is 35.9 Å². The van der Waals surface area contributed by atoms with Gasteiger partial charge in [0.05, 0.1) is 16.6 Å². The van der Waals surface area contributed by atoms with Crippen molar-refractivity contribution < 1.29 is 14.5 Å². The van der Waals surface area contributed by atoms with Crippen molar-refractivity contribution in [2.75, 3.05) is 25.1 Å². The molecule has 0 saturated carbocycles. The first-order chi connectivity index (χ1) is 9.57. The van der Waals surface area contributed by atoms with Crippen molar-refractivity contribution in [2.24, 2.45) is 0 Å². The van der Waals surface area contributed by atoms with E-state index in [1.165, 1.54) is 18.2 Å². The fourth-order valence-corrected chi connectivity index (χ4v) is 2.00. The Labute approximate surface area is 129 Å². The molecule has 0 heterocycles. The van der Waals surface area contributed by atoms with Gasteiger partial charge < -0.3 is 10.1 Å². The molecule has 0 aliphatic rings. The highest BCUT2D eigenvalue weighted by molar-refractivity contribution is 9.09. The molecule has 20 heavy (non-hydrogen) atoms. The fourth-order valence-electron chi connectivity index (χ4n) is 1.51. The molecule has 6 nitrogen and oxygen atoms in total. The third-order valence-corrected chi connectivity index (χ3v) is 3.03. The lowest BCUT2D eigenvalue weighted by Gasteiger charge is -2.07. The number of hydrogen-bond donors (Lipinski definition) is 1. The summed E-state index contributed by atoms with van der Waals surface area (Å²) in [5, 5.41) is 14.3. The molecule has 0 aliphatic heterocycles. The number of hydrogen-bond acceptors (Lipinski definition) is 4. The molecule has 0 saturated heterocycles. The van der Waals surface area contributed by atoms with Crippen molar-refractivity contribution in [1.29, 1.82) is 0 Å². The zero-order valence-electron chi connectivity index (χ0n) is 10.6. The summed E-state index contributed by atoms with van der Waals surface area (Å²) in [5.41, 5.74) is -0.411. The molecule has 1 rings (SSSR count). The smallest absolute Gasteiger partial charge is 0.283 e. The van der Waals surface area contributed by atoms with Crippen molar-refractivity contribution >= 4 is 39.1 Å². The number of carbonyl (C=O) groups is 1. The van der Waals surface area contributed by atoms with Gasteiger partial charge in [-0.25, -0.2) is 0 Å². The van der Waals surface area contributed by atoms with Crippen LogP contribution in [0.4, 0.5) is 5.69 Å². The van der Waals surface area contributed by atoms with Gasteiger partial charge in [0.15, 0.2) is 0 Å². The summed E-state index contributed by atoms with van der Waals surface area (Å²) in [4.78, 5) is 22.2. The quantitative estimate of drug-likeness (QED) is 0.332. The van der Waals surface area contributed by atoms with Crippen molar-refractivity contribution in [2.45, 2.75) is 6.42 Å². The van der Waals surface area contributed by atoms with E-state index < -0.39 is 10.8 Å². The molecular weight excluding hydrogens is 351 g/mol. The maximum Gasteiger partial charge on any atom is 0.283 e. The maximum atomic E-state index is 11.9. The van der Waals surface area contributed by atoms with E-state index in [9.17, 15) is 14.9 Å². The summed E-state index contributed by atoms with van der Waals surface area (Å²) < 4.78 is 5.22. The number of carbonyl (C=O) groups excluding carboxylic acids is 1. The molecule has 1 amide bonds. The number of nitro groups is 1. The molecule has 0 spiro atoms. The minimum atomic E-state index is -0.625. The minimum absolute atomic E-state index is 0.0623. The van der Waals surface area contributed by atoms with Crippen molar-refractivity contribution in [1.82, 2.24) is 5.32 Å². The molecule has 8 heteroatoms. The Kier molecular flexibility index (Phi) is 7.50. The molecule has 0 aromatic heterocycles. The van der Waals surface area contributed by atoms with Crippen LogP contribution < -0.4 is 5.32 Å². The van der Waals surface area contributed by atoms with E-state index in [0.29, 0.717) is 26.2 Å². The van der Waals surface area contributed by atoms with E-state index in [4.69, 9.17) is 16.3 Å². The Hall–Kier alpha value is -1.18. The SMILES string of the molecule is O=C(NCCCOCCBr)c1c(Cl)cccc1[N+](=O)[O-]. The highest BCUT2D eigenvalue weighted by Crippen LogP contribution is 2.25. The van der Waals surface area contributed by atoms with Crippen LogP contribution >= 0.6 is 27.5 Å². The number of alkyl halides is 1. The largest absolute Gasteiger partial charge is 0.381 e. The number of benzene rings is 1. The van der Waals surface area contributed by atoms with Crippen LogP contribution in [0.3, 0.4) is 0 Å². The monoisotopic (exact) mass is 364 g/mol. The van der Waals surface area contributed by atoms with Gasteiger partial charge in [-0.3, -0.25) is 14.9 Å². The molecule has 110 valence electrons. The Morgan fingerprint density at radius 3 is 2.85 bits per heavy atom. The number of rotatable bonds is 8. The highest BCUT2D eigenvalue weighted by Gasteiger charge is 2.22. The molecule has 1 N–H and O–H groups in total. The molecule has 0 bridgehead atoms. The second kappa shape index (κ2) is 8.89. The van der Waals surface area contributed by atoms with Crippen molar-refractivity contribution in [3.05, 3.63) is 38.9 Å². The number of amides is 1. The first-order valence-corrected chi connectivity index (χ1v) is 7.42. The third kappa shape index (κ3) is 5.07. The summed E-state index contributed by atoms with van der Waals surface area (Å²) in [6.45, 7) is 1.48. The van der Waals surface area contributed by atoms with Gasteiger partial charge >= 0.3 is 0 Å². The molecule has 0 aliphatic carbocycles. The molecule has 0 fully saturated rings. The number of nitrogens with one attached hydrogen (secondary N) is 1. The average Bonchev–Trinajstić information content (AvgIpc) is 2.42. The van der Waals surface area contributed by atoms with Crippen LogP contribution in [-0.2, 0) is 4.74 Å². The standard InChI is InChI=1S/C12H14BrClN2O4/c13-5-8-20-7-2-6-15-12(17)11-9(14)3-1-4-10(11)16(18)19/h1,3-4H,2,5-8H2,(H,15,17). The van der Waals surface area contributed by atoms with Gasteiger partial charge in [0.1, 0.15) is 5.56 Å². The Morgan fingerprint density at radius 2 is 2.20 bits per heavy atom. The van der Waals surface area contributed by atoms with E-state index in [-0.39, 0.29) is 16.3 Å². The normalized spacial score (nSPS) is 10.3. The van der Waals surface area contributed by atoms with Crippen molar-refractivity contribution in [3.8, 4) is 0 Å². The lowest BCUT2D eigenvalue weighted by atomic mass is 10.1. The first-order valence-electron chi connectivity index (χ1n) is 5.92. The van der Waals surface area contributed by atoms with Crippen LogP contribution in [0.25, 0.3) is 0 Å². The van der Waals surface area contributed by atoms with E-state index in [0.717, 1.165) is 5.33 Å². The van der Waals surface area contributed by atoms with Gasteiger partial charge in [-0.2, -0.15) is 0 Å². The summed E-state index contributed by atoms with van der Waals surface area (Å²) in [6, 6.07) is 4.13. The molecule has 1 aromatic carbocycles. The Bertz CT molecular complexity index is 485. The minimum Gasteiger partial charge on any atom is -0.381 e. The summed E-state index contributed by atoms with van der Waals surface area (Å²) >= 11 is 9.08. The zero-order valence-corrected chi connectivity index (χ0v) is 12.9. The van der Waals surface area contributed by atoms with Gasteiger partial charge in [-0.15, -0.1) is 0 Å². The second-order valence-electron chi connectivity index (χ2n) is 3.80. The number of halogens is 2. The summed E-state index contributed by atoms with van der Waals surface area (Å²) in [5.74, 6) is -0.553. The van der Waals surface area contributed by atoms with Crippen LogP contribution in [0, 0.1) is 10.1 Å². The lowest BCUT2D eigenvalue weighted by molar-refractivity contribution is -0.385. The van der Waals surface area contributed by atoms with Gasteiger partial charge in [0.25, 0.3) is 11.6 Å². The topological polar surface area (TPSA) is 81.5 Å². The van der Waals surface area contributed by atoms with Gasteiger partial charge in [-0.05, 0) is 12.5 Å². The van der Waals surface area contributed by atoms with Crippen LogP contribution in [0.15, 0.2) is 18.2 Å². The van der Waals surface area contributed by atoms with Crippen LogP contribution in [0.1, 0.15) is 16.8 Å². The molecular formula is C12H14BrClN2O4. The number of ether oxygens (including phenoxy) is 1. The number of nitrogens with zero attached hydrogens (tertiary/aromatic N) is 1. The molecule has 1 aromatic rings. The average molecular weight is 366 g/mol. The molecule has 0 unspecified atom stereocenters. The predicted octanol–water partition coefficient (Wildman–Crippen LogP) is 2.78. The Morgan fingerprint density at radius 1 is 1.45 bits per heavy atom. The first kappa shape index (κ1) is 16.9. The fraction of sp³-hybridized carbons (Fsp3) is 0.417. The van der Waals surface area contributed by atoms with Crippen LogP contribution in [0.5, 0.6) is 0 Å². The van der Waals surface area contributed by atoms with E-state index in [1.54, 1.807) is 0 Å². The summed E-state index contributed by atoms with van der Waals surface area (Å²) in [6.07, 6.45) is 0.622. The second-order valence-corrected chi connectivity index (χ2v) is 5.00. The van der Waals surface area contributed by atoms with Crippen LogP contribution in [0.2, 0.25) is 5.02 Å². The third-order valence-electron chi connectivity index (χ3n) is 2.39. The van der Waals surface area contributed by atoms with E-state index in [2.05, 4.69) is 21.2 Å². The molecule has 0 radical (unpaired) electrons. The van der Waals surface area contributed by atoms with Crippen molar-refractivity contribution in [3.63, 3.8) is 0 Å². The maximum absolute atomic E-state index is 11.9. The van der Waals surface area contributed by atoms with Gasteiger partial charge in [0.2, 0.25) is 0 Å². The summed E-state index contributed by atoms with van der Waals surface area (Å²) in [7, 11) is 0. The lowest BCUT2D eigenvalue weighted by Crippen LogP contribution is -2.26. The Balaban J connectivity index is 2.57. The van der Waals surface area contributed by atoms with E-state index in [1.807, 2.05) is 0 Å². The molecule has 0 atom stereocenters.